The Bertz CT molecular complexity index is 2680. The molecule has 0 saturated carbocycles. The highest BCUT2D eigenvalue weighted by molar-refractivity contribution is 6.40. The molecular formula is C32H5BF16O3. The molecule has 0 aliphatic rings. The maximum Gasteiger partial charge on any atom is 0.864 e. The minimum Gasteiger partial charge on any atom is -0.489 e. The van der Waals surface area contributed by atoms with E-state index in [1.54, 1.807) is 0 Å². The van der Waals surface area contributed by atoms with Crippen LogP contribution in [0.25, 0.3) is 43.1 Å². The molecule has 0 radical (unpaired) electrons. The molecular weight excluding hydrogens is 747 g/mol. The van der Waals surface area contributed by atoms with Gasteiger partial charge in [-0.25, -0.2) is 61.5 Å². The monoisotopic (exact) mass is 752 g/mol. The molecule has 52 heavy (non-hydrogen) atoms. The van der Waals surface area contributed by atoms with Gasteiger partial charge in [-0.15, -0.1) is 0 Å². The highest BCUT2D eigenvalue weighted by atomic mass is 19.2. The summed E-state index contributed by atoms with van der Waals surface area (Å²) in [7, 11) is -3.28. The van der Waals surface area contributed by atoms with Crippen molar-refractivity contribution in [3.63, 3.8) is 0 Å². The molecule has 3 nitrogen and oxygen atoms in total. The van der Waals surface area contributed by atoms with Crippen molar-refractivity contribution < 1.29 is 84.2 Å². The van der Waals surface area contributed by atoms with Crippen LogP contribution in [0.15, 0.2) is 30.3 Å². The van der Waals surface area contributed by atoms with Gasteiger partial charge in [0.15, 0.2) is 92.9 Å². The molecule has 7 aromatic rings. The van der Waals surface area contributed by atoms with Crippen molar-refractivity contribution in [1.82, 2.24) is 0 Å². The first-order valence-electron chi connectivity index (χ1n) is 13.7. The average Bonchev–Trinajstić information content (AvgIpc) is 3.11. The second kappa shape index (κ2) is 11.9. The van der Waals surface area contributed by atoms with Crippen molar-refractivity contribution in [3.8, 4) is 17.2 Å². The quantitative estimate of drug-likeness (QED) is 0.0557. The van der Waals surface area contributed by atoms with Crippen LogP contribution in [-0.4, -0.2) is 7.32 Å². The van der Waals surface area contributed by atoms with E-state index in [1.165, 1.54) is 0 Å². The van der Waals surface area contributed by atoms with Gasteiger partial charge in [0.1, 0.15) is 5.75 Å². The number of benzene rings is 7. The summed E-state index contributed by atoms with van der Waals surface area (Å²) in [5.41, 5.74) is 0. The van der Waals surface area contributed by atoms with Crippen LogP contribution in [0, 0.1) is 93.1 Å². The molecule has 0 aliphatic carbocycles. The van der Waals surface area contributed by atoms with Gasteiger partial charge in [-0.1, -0.05) is 12.1 Å². The Kier molecular flexibility index (Phi) is 7.91. The molecule has 0 spiro atoms. The zero-order valence-corrected chi connectivity index (χ0v) is 24.2. The fourth-order valence-electron chi connectivity index (χ4n) is 5.65. The number of rotatable bonds is 6. The van der Waals surface area contributed by atoms with Gasteiger partial charge in [0, 0.05) is 16.2 Å². The Morgan fingerprint density at radius 2 is 0.731 bits per heavy atom. The Labute approximate surface area is 275 Å². The molecule has 0 aliphatic heterocycles. The van der Waals surface area contributed by atoms with Gasteiger partial charge >= 0.3 is 7.32 Å². The first-order chi connectivity index (χ1) is 24.5. The first kappa shape index (κ1) is 34.6. The van der Waals surface area contributed by atoms with E-state index in [0.29, 0.717) is 12.1 Å². The van der Waals surface area contributed by atoms with Crippen LogP contribution in [-0.2, 0) is 0 Å². The summed E-state index contributed by atoms with van der Waals surface area (Å²) in [6, 6.07) is 2.40. The van der Waals surface area contributed by atoms with Gasteiger partial charge < -0.3 is 14.0 Å². The van der Waals surface area contributed by atoms with Gasteiger partial charge in [-0.3, -0.25) is 0 Å². The zero-order chi connectivity index (χ0) is 37.8. The SMILES string of the molecule is Fc1ccc(F)c(OB(Oc2cccc3c(F)c(F)c(F)c(F)c23)Oc2c(F)c(F)c3c(F)c(F)c4c(F)c(F)c(F)c5c(F)c(F)c2c3c45)c1F. The highest BCUT2D eigenvalue weighted by Crippen LogP contribution is 2.48. The van der Waals surface area contributed by atoms with E-state index in [1.807, 2.05) is 0 Å². The van der Waals surface area contributed by atoms with Crippen molar-refractivity contribution >= 4 is 50.4 Å². The van der Waals surface area contributed by atoms with Gasteiger partial charge in [-0.05, 0) is 18.2 Å². The van der Waals surface area contributed by atoms with E-state index in [0.717, 1.165) is 6.07 Å². The highest BCUT2D eigenvalue weighted by Gasteiger charge is 2.41. The molecule has 0 N–H and O–H groups in total. The van der Waals surface area contributed by atoms with Crippen LogP contribution in [0.4, 0.5) is 70.2 Å². The molecule has 0 aromatic heterocycles. The largest absolute Gasteiger partial charge is 0.864 e. The van der Waals surface area contributed by atoms with Crippen molar-refractivity contribution in [3.05, 3.63) is 123 Å². The van der Waals surface area contributed by atoms with E-state index in [9.17, 15) is 43.9 Å². The third kappa shape index (κ3) is 4.65. The maximum absolute atomic E-state index is 15.8. The van der Waals surface area contributed by atoms with Crippen LogP contribution in [0.5, 0.6) is 17.2 Å². The van der Waals surface area contributed by atoms with Crippen molar-refractivity contribution in [2.45, 2.75) is 0 Å². The topological polar surface area (TPSA) is 27.7 Å². The summed E-state index contributed by atoms with van der Waals surface area (Å²) < 4.78 is 252. The van der Waals surface area contributed by atoms with E-state index in [2.05, 4.69) is 0 Å². The molecule has 0 bridgehead atoms. The Morgan fingerprint density at radius 3 is 1.33 bits per heavy atom. The van der Waals surface area contributed by atoms with E-state index < -0.39 is 161 Å². The number of fused-ring (bicyclic) bond motifs is 1. The molecule has 0 heterocycles. The Hall–Kier alpha value is -5.82. The molecule has 0 atom stereocenters. The lowest BCUT2D eigenvalue weighted by molar-refractivity contribution is 0.283. The van der Waals surface area contributed by atoms with E-state index >= 15 is 26.3 Å². The third-order valence-corrected chi connectivity index (χ3v) is 7.89. The molecule has 0 unspecified atom stereocenters. The summed E-state index contributed by atoms with van der Waals surface area (Å²) in [5.74, 6) is -43.3. The Balaban J connectivity index is 1.55. The number of halogens is 16. The van der Waals surface area contributed by atoms with Crippen molar-refractivity contribution in [1.29, 1.82) is 0 Å². The minimum absolute atomic E-state index is 0.206. The van der Waals surface area contributed by atoms with Crippen molar-refractivity contribution in [2.75, 3.05) is 0 Å². The van der Waals surface area contributed by atoms with Crippen LogP contribution in [0.2, 0.25) is 0 Å². The molecule has 0 fully saturated rings. The first-order valence-corrected chi connectivity index (χ1v) is 13.7. The molecule has 266 valence electrons. The van der Waals surface area contributed by atoms with Gasteiger partial charge in [0.2, 0.25) is 11.6 Å². The van der Waals surface area contributed by atoms with Crippen LogP contribution in [0.1, 0.15) is 0 Å². The Morgan fingerprint density at radius 1 is 0.308 bits per heavy atom. The smallest absolute Gasteiger partial charge is 0.489 e. The summed E-state index contributed by atoms with van der Waals surface area (Å²) >= 11 is 0. The molecule has 20 heteroatoms. The van der Waals surface area contributed by atoms with Gasteiger partial charge in [0.05, 0.1) is 26.9 Å². The molecule has 0 amide bonds. The zero-order valence-electron chi connectivity index (χ0n) is 24.2. The minimum atomic E-state index is -3.28. The van der Waals surface area contributed by atoms with Gasteiger partial charge in [0.25, 0.3) is 0 Å². The standard InChI is InChI=1S/C32H5BF16O3/c34-7-4-5-8(35)31(18(7)37)51-33(50-9-3-1-2-6-10(9)19(38)29(48)27(46)17(6)36)52-32-16-12-11-13(20(39)21(40)15(12)25(44)30(32)49)23(42)28(47)24(43)14(11)22(41)26(16)45/h1-5H. The number of hydrogen-bond donors (Lipinski definition) is 0. The average molecular weight is 752 g/mol. The van der Waals surface area contributed by atoms with E-state index in [4.69, 9.17) is 14.0 Å². The van der Waals surface area contributed by atoms with E-state index in [-0.39, 0.29) is 12.1 Å². The molecule has 0 saturated heterocycles. The maximum atomic E-state index is 15.8. The fourth-order valence-corrected chi connectivity index (χ4v) is 5.65. The summed E-state index contributed by atoms with van der Waals surface area (Å²) in [5, 5.41) is -13.4. The van der Waals surface area contributed by atoms with Crippen LogP contribution >= 0.6 is 0 Å². The second-order valence-corrected chi connectivity index (χ2v) is 10.7. The molecule has 7 aromatic carbocycles. The predicted molar refractivity (Wildman–Crippen MR) is 148 cm³/mol. The lowest BCUT2D eigenvalue weighted by atomic mass is 9.90. The summed E-state index contributed by atoms with van der Waals surface area (Å²) in [6.45, 7) is 0. The van der Waals surface area contributed by atoms with Crippen molar-refractivity contribution in [2.24, 2.45) is 0 Å². The second-order valence-electron chi connectivity index (χ2n) is 10.7. The van der Waals surface area contributed by atoms with Crippen LogP contribution in [0.3, 0.4) is 0 Å². The van der Waals surface area contributed by atoms with Crippen LogP contribution < -0.4 is 14.0 Å². The fraction of sp³-hybridized carbons (Fsp3) is 0. The predicted octanol–water partition coefficient (Wildman–Crippen LogP) is 10.5. The lowest BCUT2D eigenvalue weighted by Gasteiger charge is -2.22. The normalized spacial score (nSPS) is 11.8. The third-order valence-electron chi connectivity index (χ3n) is 7.89. The lowest BCUT2D eigenvalue weighted by Crippen LogP contribution is -2.38. The molecule has 7 rings (SSSR count). The van der Waals surface area contributed by atoms with Gasteiger partial charge in [-0.2, -0.15) is 8.78 Å². The summed E-state index contributed by atoms with van der Waals surface area (Å²) in [6.07, 6.45) is 0. The number of hydrogen-bond acceptors (Lipinski definition) is 3. The summed E-state index contributed by atoms with van der Waals surface area (Å²) in [4.78, 5) is 0.